The summed E-state index contributed by atoms with van der Waals surface area (Å²) in [5, 5.41) is 6.36. The molecule has 0 aromatic rings. The Morgan fingerprint density at radius 3 is 2.75 bits per heavy atom. The number of nitrogens with one attached hydrogen (secondary N) is 2. The molecular formula is C16H30N2O2. The molecule has 0 aromatic carbocycles. The van der Waals surface area contributed by atoms with Crippen molar-refractivity contribution in [1.82, 2.24) is 10.6 Å². The van der Waals surface area contributed by atoms with Crippen LogP contribution >= 0.6 is 0 Å². The monoisotopic (exact) mass is 282 g/mol. The number of hydrogen-bond donors (Lipinski definition) is 2. The van der Waals surface area contributed by atoms with Crippen molar-refractivity contribution in [3.05, 3.63) is 0 Å². The van der Waals surface area contributed by atoms with E-state index in [-0.39, 0.29) is 17.9 Å². The first-order valence-corrected chi connectivity index (χ1v) is 8.39. The van der Waals surface area contributed by atoms with Crippen LogP contribution in [0.4, 0.5) is 0 Å². The summed E-state index contributed by atoms with van der Waals surface area (Å²) in [6.45, 7) is 5.43. The van der Waals surface area contributed by atoms with E-state index in [1.165, 1.54) is 32.1 Å². The Balaban J connectivity index is 1.61. The van der Waals surface area contributed by atoms with Crippen molar-refractivity contribution < 1.29 is 9.53 Å². The first kappa shape index (κ1) is 15.8. The van der Waals surface area contributed by atoms with Gasteiger partial charge in [0.15, 0.2) is 0 Å². The van der Waals surface area contributed by atoms with Crippen molar-refractivity contribution in [2.24, 2.45) is 11.8 Å². The molecule has 1 saturated heterocycles. The largest absolute Gasteiger partial charge is 0.374 e. The zero-order chi connectivity index (χ0) is 14.2. The predicted molar refractivity (Wildman–Crippen MR) is 80.6 cm³/mol. The Labute approximate surface area is 123 Å². The van der Waals surface area contributed by atoms with Gasteiger partial charge in [-0.2, -0.15) is 0 Å². The molecule has 2 N–H and O–H groups in total. The summed E-state index contributed by atoms with van der Waals surface area (Å²) in [5.74, 6) is 1.35. The lowest BCUT2D eigenvalue weighted by molar-refractivity contribution is -0.127. The van der Waals surface area contributed by atoms with E-state index in [1.54, 1.807) is 0 Å². The van der Waals surface area contributed by atoms with Gasteiger partial charge in [-0.25, -0.2) is 0 Å². The fourth-order valence-electron chi connectivity index (χ4n) is 3.32. The molecular weight excluding hydrogens is 252 g/mol. The highest BCUT2D eigenvalue weighted by Crippen LogP contribution is 2.31. The van der Waals surface area contributed by atoms with E-state index < -0.39 is 0 Å². The van der Waals surface area contributed by atoms with Crippen LogP contribution in [0.15, 0.2) is 0 Å². The zero-order valence-corrected chi connectivity index (χ0v) is 12.8. The molecule has 20 heavy (non-hydrogen) atoms. The molecule has 1 aliphatic carbocycles. The molecule has 1 unspecified atom stereocenters. The molecule has 0 spiro atoms. The second-order valence-corrected chi connectivity index (χ2v) is 6.30. The molecule has 1 saturated carbocycles. The lowest BCUT2D eigenvalue weighted by Gasteiger charge is -2.29. The van der Waals surface area contributed by atoms with Crippen molar-refractivity contribution >= 4 is 5.91 Å². The van der Waals surface area contributed by atoms with Crippen LogP contribution in [0.1, 0.15) is 51.9 Å². The van der Waals surface area contributed by atoms with Gasteiger partial charge in [-0.05, 0) is 31.6 Å². The van der Waals surface area contributed by atoms with Gasteiger partial charge in [0.1, 0.15) is 0 Å². The van der Waals surface area contributed by atoms with Gasteiger partial charge in [-0.1, -0.05) is 26.2 Å². The summed E-state index contributed by atoms with van der Waals surface area (Å²) >= 11 is 0. The highest BCUT2D eigenvalue weighted by atomic mass is 16.5. The van der Waals surface area contributed by atoms with E-state index in [9.17, 15) is 4.79 Å². The minimum atomic E-state index is 0.147. The van der Waals surface area contributed by atoms with E-state index in [4.69, 9.17) is 4.74 Å². The summed E-state index contributed by atoms with van der Waals surface area (Å²) < 4.78 is 5.60. The highest BCUT2D eigenvalue weighted by Gasteiger charge is 2.26. The van der Waals surface area contributed by atoms with E-state index >= 15 is 0 Å². The fourth-order valence-corrected chi connectivity index (χ4v) is 3.32. The third-order valence-electron chi connectivity index (χ3n) is 4.69. The normalized spacial score (nSPS) is 30.9. The zero-order valence-electron chi connectivity index (χ0n) is 12.8. The van der Waals surface area contributed by atoms with Gasteiger partial charge in [0, 0.05) is 25.6 Å². The quantitative estimate of drug-likeness (QED) is 0.784. The number of unbranched alkanes of at least 4 members (excludes halogenated alkanes) is 1. The first-order valence-electron chi connectivity index (χ1n) is 8.39. The topological polar surface area (TPSA) is 50.4 Å². The Hall–Kier alpha value is -0.610. The van der Waals surface area contributed by atoms with Crippen molar-refractivity contribution in [3.63, 3.8) is 0 Å². The van der Waals surface area contributed by atoms with Crippen molar-refractivity contribution in [1.29, 1.82) is 0 Å². The third kappa shape index (κ3) is 5.06. The van der Waals surface area contributed by atoms with Gasteiger partial charge in [0.25, 0.3) is 0 Å². The third-order valence-corrected chi connectivity index (χ3v) is 4.69. The van der Waals surface area contributed by atoms with Crippen LogP contribution < -0.4 is 10.6 Å². The molecule has 0 bridgehead atoms. The Morgan fingerprint density at radius 2 is 2.10 bits per heavy atom. The number of carbonyl (C=O) groups is 1. The van der Waals surface area contributed by atoms with Crippen LogP contribution in [-0.2, 0) is 9.53 Å². The van der Waals surface area contributed by atoms with Crippen molar-refractivity contribution in [2.75, 3.05) is 26.2 Å². The molecule has 1 aliphatic heterocycles. The van der Waals surface area contributed by atoms with E-state index in [0.29, 0.717) is 6.54 Å². The highest BCUT2D eigenvalue weighted by molar-refractivity contribution is 5.78. The molecule has 1 atom stereocenters. The SMILES string of the molecule is CCCCC1CCC(C(=O)NCC2CNCCO2)CC1. The minimum absolute atomic E-state index is 0.147. The smallest absolute Gasteiger partial charge is 0.223 e. The van der Waals surface area contributed by atoms with Crippen molar-refractivity contribution in [3.8, 4) is 0 Å². The van der Waals surface area contributed by atoms with Crippen LogP contribution in [0.25, 0.3) is 0 Å². The van der Waals surface area contributed by atoms with E-state index in [1.807, 2.05) is 0 Å². The summed E-state index contributed by atoms with van der Waals surface area (Å²) in [7, 11) is 0. The van der Waals surface area contributed by atoms with Crippen LogP contribution in [0.3, 0.4) is 0 Å². The van der Waals surface area contributed by atoms with Crippen LogP contribution in [0, 0.1) is 11.8 Å². The molecule has 1 heterocycles. The Morgan fingerprint density at radius 1 is 1.30 bits per heavy atom. The van der Waals surface area contributed by atoms with Gasteiger partial charge in [-0.15, -0.1) is 0 Å². The lowest BCUT2D eigenvalue weighted by atomic mass is 9.79. The summed E-state index contributed by atoms with van der Waals surface area (Å²) in [4.78, 5) is 12.2. The Kier molecular flexibility index (Phi) is 6.80. The molecule has 2 rings (SSSR count). The summed E-state index contributed by atoms with van der Waals surface area (Å²) in [6, 6.07) is 0. The standard InChI is InChI=1S/C16H30N2O2/c1-2-3-4-13-5-7-14(8-6-13)16(19)18-12-15-11-17-9-10-20-15/h13-15,17H,2-12H2,1H3,(H,18,19). The van der Waals surface area contributed by atoms with Gasteiger partial charge in [0.2, 0.25) is 5.91 Å². The number of hydrogen-bond acceptors (Lipinski definition) is 3. The molecule has 2 fully saturated rings. The first-order chi connectivity index (χ1) is 9.79. The molecule has 0 radical (unpaired) electrons. The van der Waals surface area contributed by atoms with Crippen molar-refractivity contribution in [2.45, 2.75) is 58.0 Å². The van der Waals surface area contributed by atoms with E-state index in [0.717, 1.165) is 38.5 Å². The molecule has 4 nitrogen and oxygen atoms in total. The van der Waals surface area contributed by atoms with E-state index in [2.05, 4.69) is 17.6 Å². The molecule has 4 heteroatoms. The van der Waals surface area contributed by atoms with Gasteiger partial charge >= 0.3 is 0 Å². The van der Waals surface area contributed by atoms with Crippen LogP contribution in [-0.4, -0.2) is 38.3 Å². The van der Waals surface area contributed by atoms with Gasteiger partial charge < -0.3 is 15.4 Å². The summed E-state index contributed by atoms with van der Waals surface area (Å²) in [6.07, 6.45) is 8.75. The van der Waals surface area contributed by atoms with Crippen LogP contribution in [0.2, 0.25) is 0 Å². The van der Waals surface area contributed by atoms with Gasteiger partial charge in [-0.3, -0.25) is 4.79 Å². The maximum absolute atomic E-state index is 12.2. The lowest BCUT2D eigenvalue weighted by Crippen LogP contribution is -2.46. The average Bonchev–Trinajstić information content (AvgIpc) is 2.52. The maximum atomic E-state index is 12.2. The number of morpholine rings is 1. The molecule has 1 amide bonds. The average molecular weight is 282 g/mol. The molecule has 116 valence electrons. The second-order valence-electron chi connectivity index (χ2n) is 6.30. The molecule has 2 aliphatic rings. The summed E-state index contributed by atoms with van der Waals surface area (Å²) in [5.41, 5.74) is 0. The fraction of sp³-hybridized carbons (Fsp3) is 0.938. The minimum Gasteiger partial charge on any atom is -0.374 e. The molecule has 0 aromatic heterocycles. The Bertz CT molecular complexity index is 282. The maximum Gasteiger partial charge on any atom is 0.223 e. The number of ether oxygens (including phenoxy) is 1. The second kappa shape index (κ2) is 8.63. The number of amides is 1. The van der Waals surface area contributed by atoms with Crippen LogP contribution in [0.5, 0.6) is 0 Å². The predicted octanol–water partition coefficient (Wildman–Crippen LogP) is 2.09. The number of rotatable bonds is 6. The number of carbonyl (C=O) groups excluding carboxylic acids is 1. The van der Waals surface area contributed by atoms with Gasteiger partial charge in [0.05, 0.1) is 12.7 Å².